The van der Waals surface area contributed by atoms with Crippen LogP contribution < -0.4 is 18.9 Å². The number of sulfonamides is 4. The Labute approximate surface area is 351 Å². The van der Waals surface area contributed by atoms with E-state index in [1.54, 1.807) is 62.4 Å². The van der Waals surface area contributed by atoms with Crippen molar-refractivity contribution in [3.8, 4) is 0 Å². The van der Waals surface area contributed by atoms with Crippen molar-refractivity contribution in [2.24, 2.45) is 0 Å². The predicted octanol–water partition coefficient (Wildman–Crippen LogP) is 8.00. The molecule has 320 valence electrons. The fourth-order valence-electron chi connectivity index (χ4n) is 5.24. The number of hydrogen-bond acceptors (Lipinski definition) is 10. The van der Waals surface area contributed by atoms with E-state index in [0.29, 0.717) is 12.1 Å². The fourth-order valence-corrected chi connectivity index (χ4v) is 9.54. The highest BCUT2D eigenvalue weighted by atomic mass is 32.2. The van der Waals surface area contributed by atoms with E-state index in [1.165, 1.54) is 48.5 Å². The molecule has 61 heavy (non-hydrogen) atoms. The third-order valence-corrected chi connectivity index (χ3v) is 14.1. The van der Waals surface area contributed by atoms with E-state index < -0.39 is 73.7 Å². The molecule has 4 N–H and O–H groups in total. The van der Waals surface area contributed by atoms with E-state index in [1.807, 2.05) is 13.8 Å². The largest absolute Gasteiger partial charge is 0.307 e. The topological polar surface area (TPSA) is 228 Å². The van der Waals surface area contributed by atoms with Gasteiger partial charge in [-0.2, -0.15) is 4.39 Å². The first-order valence-corrected chi connectivity index (χ1v) is 23.5. The Morgan fingerprint density at radius 1 is 0.410 bits per heavy atom. The molecule has 0 aliphatic rings. The van der Waals surface area contributed by atoms with Crippen LogP contribution in [0.4, 0.5) is 37.2 Å². The number of nitrogens with one attached hydrogen (secondary N) is 4. The molecule has 0 spiro atoms. The lowest BCUT2D eigenvalue weighted by Gasteiger charge is -2.15. The minimum absolute atomic E-state index is 0.000216. The zero-order valence-electron chi connectivity index (χ0n) is 32.5. The summed E-state index contributed by atoms with van der Waals surface area (Å²) in [6.07, 6.45) is 0. The summed E-state index contributed by atoms with van der Waals surface area (Å²) in [5.74, 6) is -2.06. The van der Waals surface area contributed by atoms with Gasteiger partial charge in [0.25, 0.3) is 40.1 Å². The van der Waals surface area contributed by atoms with Gasteiger partial charge in [-0.15, -0.1) is 0 Å². The van der Waals surface area contributed by atoms with Gasteiger partial charge in [-0.1, -0.05) is 70.8 Å². The van der Waals surface area contributed by atoms with E-state index in [4.69, 9.17) is 0 Å². The number of anilines is 4. The maximum Gasteiger partial charge on any atom is 0.307 e. The average molecular weight is 914 g/mol. The number of nitro benzene ring substituents is 1. The lowest BCUT2D eigenvalue weighted by molar-refractivity contribution is -0.387. The summed E-state index contributed by atoms with van der Waals surface area (Å²) in [5.41, 5.74) is 1.01. The molecule has 6 aromatic rings. The maximum absolute atomic E-state index is 14.3. The maximum atomic E-state index is 14.3. The van der Waals surface area contributed by atoms with Crippen LogP contribution >= 0.6 is 0 Å². The summed E-state index contributed by atoms with van der Waals surface area (Å²) in [6, 6.07) is 27.9. The van der Waals surface area contributed by atoms with Gasteiger partial charge in [-0.05, 0) is 88.4 Å². The Hall–Kier alpha value is -6.42. The summed E-state index contributed by atoms with van der Waals surface area (Å²) >= 11 is 0. The van der Waals surface area contributed by atoms with Gasteiger partial charge >= 0.3 is 5.69 Å². The van der Waals surface area contributed by atoms with Gasteiger partial charge in [0.15, 0.2) is 0 Å². The van der Waals surface area contributed by atoms with E-state index in [9.17, 15) is 52.6 Å². The van der Waals surface area contributed by atoms with E-state index in [2.05, 4.69) is 18.9 Å². The number of benzene rings is 6. The first kappa shape index (κ1) is 45.7. The van der Waals surface area contributed by atoms with Gasteiger partial charge < -0.3 is 0 Å². The van der Waals surface area contributed by atoms with Crippen LogP contribution in [0.25, 0.3) is 0 Å². The molecule has 0 aromatic heterocycles. The van der Waals surface area contributed by atoms with Crippen LogP contribution in [0.1, 0.15) is 22.3 Å². The lowest BCUT2D eigenvalue weighted by Crippen LogP contribution is -2.18. The Morgan fingerprint density at radius 2 is 0.689 bits per heavy atom. The van der Waals surface area contributed by atoms with Crippen molar-refractivity contribution in [1.82, 2.24) is 0 Å². The molecule has 0 atom stereocenters. The molecule has 15 nitrogen and oxygen atoms in total. The Balaban J connectivity index is 0.000000232. The van der Waals surface area contributed by atoms with Gasteiger partial charge in [0.2, 0.25) is 5.82 Å². The van der Waals surface area contributed by atoms with Crippen molar-refractivity contribution in [2.75, 3.05) is 18.9 Å². The fraction of sp³-hybridized carbons (Fsp3) is 0.100. The SMILES string of the molecule is Cc1ccc(S(=O)(=O)Nc2cc(F)c([N+](=O)[O-])cc2NS(=O)(=O)c2ccc(C)cc2)cc1.Cc1ccc(S(=O)(=O)Nc2ccc(F)cc2NS(=O)(=O)c2ccc(C)cc2)cc1. The zero-order chi connectivity index (χ0) is 44.9. The number of nitro groups is 1. The van der Waals surface area contributed by atoms with Crippen molar-refractivity contribution in [3.05, 3.63) is 171 Å². The van der Waals surface area contributed by atoms with Crippen LogP contribution in [0.15, 0.2) is 147 Å². The van der Waals surface area contributed by atoms with Crippen molar-refractivity contribution in [1.29, 1.82) is 0 Å². The highest BCUT2D eigenvalue weighted by molar-refractivity contribution is 7.93. The summed E-state index contributed by atoms with van der Waals surface area (Å²) in [7, 11) is -16.6. The predicted molar refractivity (Wildman–Crippen MR) is 227 cm³/mol. The molecule has 0 unspecified atom stereocenters. The van der Waals surface area contributed by atoms with Crippen LogP contribution in [0.3, 0.4) is 0 Å². The molecule has 0 saturated heterocycles. The van der Waals surface area contributed by atoms with Crippen LogP contribution in [-0.4, -0.2) is 38.6 Å². The van der Waals surface area contributed by atoms with Gasteiger partial charge in [0, 0.05) is 18.2 Å². The van der Waals surface area contributed by atoms with Crippen molar-refractivity contribution >= 4 is 68.5 Å². The first-order valence-electron chi connectivity index (χ1n) is 17.6. The lowest BCUT2D eigenvalue weighted by atomic mass is 10.2. The molecule has 0 bridgehead atoms. The molecular formula is C40H37F2N5O10S4. The molecule has 0 aliphatic heterocycles. The summed E-state index contributed by atoms with van der Waals surface area (Å²) in [5, 5.41) is 11.1. The van der Waals surface area contributed by atoms with Crippen LogP contribution in [0.2, 0.25) is 0 Å². The van der Waals surface area contributed by atoms with E-state index in [0.717, 1.165) is 40.5 Å². The van der Waals surface area contributed by atoms with Gasteiger partial charge in [0.05, 0.1) is 47.3 Å². The minimum Gasteiger partial charge on any atom is -0.277 e. The molecule has 0 fully saturated rings. The normalized spacial score (nSPS) is 11.8. The third kappa shape index (κ3) is 11.7. The highest BCUT2D eigenvalue weighted by Gasteiger charge is 2.26. The Bertz CT molecular complexity index is 3050. The second kappa shape index (κ2) is 18.1. The zero-order valence-corrected chi connectivity index (χ0v) is 35.8. The number of nitrogens with zero attached hydrogens (tertiary/aromatic N) is 1. The second-order valence-electron chi connectivity index (χ2n) is 13.5. The standard InChI is InChI=1S/C20H18FN3O6S2.C20H19FN2O4S2/c1-13-3-7-15(8-4-13)31(27,28)22-18-11-17(21)20(24(25)26)12-19(18)23-32(29,30)16-9-5-14(2)6-10-16;1-14-3-8-17(9-4-14)28(24,25)22-19-12-7-16(21)13-20(19)23-29(26,27)18-10-5-15(2)6-11-18/h3-12,22-23H,1-2H3;3-13,22-23H,1-2H3. The summed E-state index contributed by atoms with van der Waals surface area (Å²) in [4.78, 5) is 9.75. The van der Waals surface area contributed by atoms with Crippen molar-refractivity contribution < 1.29 is 47.4 Å². The molecule has 6 rings (SSSR count). The molecule has 0 amide bonds. The number of halogens is 2. The number of hydrogen-bond donors (Lipinski definition) is 4. The average Bonchev–Trinajstić information content (AvgIpc) is 3.17. The molecule has 0 radical (unpaired) electrons. The summed E-state index contributed by atoms with van der Waals surface area (Å²) < 4.78 is 138. The van der Waals surface area contributed by atoms with E-state index >= 15 is 0 Å². The van der Waals surface area contributed by atoms with Crippen LogP contribution in [0.5, 0.6) is 0 Å². The first-order chi connectivity index (χ1) is 28.5. The number of rotatable bonds is 13. The third-order valence-electron chi connectivity index (χ3n) is 8.57. The molecule has 0 aliphatic carbocycles. The molecule has 0 heterocycles. The van der Waals surface area contributed by atoms with Crippen LogP contribution in [-0.2, 0) is 40.1 Å². The van der Waals surface area contributed by atoms with Gasteiger partial charge in [0.1, 0.15) is 5.82 Å². The molecule has 0 saturated carbocycles. The van der Waals surface area contributed by atoms with E-state index in [-0.39, 0.29) is 31.0 Å². The highest BCUT2D eigenvalue weighted by Crippen LogP contribution is 2.34. The molecule has 21 heteroatoms. The monoisotopic (exact) mass is 913 g/mol. The van der Waals surface area contributed by atoms with Crippen molar-refractivity contribution in [3.63, 3.8) is 0 Å². The summed E-state index contributed by atoms with van der Waals surface area (Å²) in [6.45, 7) is 7.15. The Morgan fingerprint density at radius 3 is 1.00 bits per heavy atom. The Kier molecular flexibility index (Phi) is 13.5. The molecule has 6 aromatic carbocycles. The van der Waals surface area contributed by atoms with Crippen molar-refractivity contribution in [2.45, 2.75) is 47.3 Å². The smallest absolute Gasteiger partial charge is 0.277 e. The van der Waals surface area contributed by atoms with Gasteiger partial charge in [-0.25, -0.2) is 38.1 Å². The van der Waals surface area contributed by atoms with Crippen LogP contribution in [0, 0.1) is 49.4 Å². The quantitative estimate of drug-likeness (QED) is 0.0645. The van der Waals surface area contributed by atoms with Gasteiger partial charge in [-0.3, -0.25) is 29.0 Å². The number of aryl methyl sites for hydroxylation is 4. The minimum atomic E-state index is -4.26. The second-order valence-corrected chi connectivity index (χ2v) is 20.2. The molecular weight excluding hydrogens is 877 g/mol.